The number of amides is 1. The molecule has 152 valence electrons. The van der Waals surface area contributed by atoms with E-state index in [1.807, 2.05) is 16.8 Å². The van der Waals surface area contributed by atoms with Crippen LogP contribution in [0.1, 0.15) is 19.3 Å². The highest BCUT2D eigenvalue weighted by Crippen LogP contribution is 2.50. The monoisotopic (exact) mass is 397 g/mol. The van der Waals surface area contributed by atoms with Gasteiger partial charge in [0.05, 0.1) is 11.9 Å². The van der Waals surface area contributed by atoms with Gasteiger partial charge in [-0.2, -0.15) is 0 Å². The molecule has 29 heavy (non-hydrogen) atoms. The van der Waals surface area contributed by atoms with Gasteiger partial charge in [0.2, 0.25) is 11.9 Å². The highest BCUT2D eigenvalue weighted by Gasteiger charge is 2.59. The molecule has 2 saturated carbocycles. The molecule has 0 aromatic carbocycles. The first-order chi connectivity index (χ1) is 14.0. The molecule has 3 atom stereocenters. The van der Waals surface area contributed by atoms with Crippen LogP contribution in [0.25, 0.3) is 11.3 Å². The van der Waals surface area contributed by atoms with E-state index < -0.39 is 5.82 Å². The van der Waals surface area contributed by atoms with Gasteiger partial charge in [-0.05, 0) is 18.9 Å². The van der Waals surface area contributed by atoms with Crippen molar-refractivity contribution < 1.29 is 9.18 Å². The average Bonchev–Trinajstić information content (AvgIpc) is 3.15. The first-order valence-electron chi connectivity index (χ1n) is 10.2. The van der Waals surface area contributed by atoms with Crippen LogP contribution >= 0.6 is 0 Å². The fourth-order valence-corrected chi connectivity index (χ4v) is 4.86. The minimum atomic E-state index is -0.504. The Morgan fingerprint density at radius 2 is 2.00 bits per heavy atom. The number of piperidine rings is 1. The van der Waals surface area contributed by atoms with E-state index in [2.05, 4.69) is 9.97 Å². The average molecular weight is 397 g/mol. The summed E-state index contributed by atoms with van der Waals surface area (Å²) >= 11 is 0. The molecule has 0 unspecified atom stereocenters. The maximum Gasteiger partial charge on any atom is 0.255 e. The predicted molar refractivity (Wildman–Crippen MR) is 106 cm³/mol. The summed E-state index contributed by atoms with van der Waals surface area (Å²) in [5.41, 5.74) is 0.337. The van der Waals surface area contributed by atoms with Gasteiger partial charge < -0.3 is 9.80 Å². The maximum atomic E-state index is 14.2. The molecule has 3 aliphatic rings. The van der Waals surface area contributed by atoms with E-state index in [-0.39, 0.29) is 23.1 Å². The van der Waals surface area contributed by atoms with Crippen molar-refractivity contribution in [2.24, 2.45) is 24.8 Å². The fourth-order valence-electron chi connectivity index (χ4n) is 4.86. The van der Waals surface area contributed by atoms with Crippen LogP contribution < -0.4 is 10.5 Å². The van der Waals surface area contributed by atoms with Gasteiger partial charge in [0, 0.05) is 68.8 Å². The molecule has 0 N–H and O–H groups in total. The van der Waals surface area contributed by atoms with Crippen molar-refractivity contribution in [3.63, 3.8) is 0 Å². The topological polar surface area (TPSA) is 71.3 Å². The van der Waals surface area contributed by atoms with E-state index >= 15 is 0 Å². The van der Waals surface area contributed by atoms with Gasteiger partial charge in [0.15, 0.2) is 5.82 Å². The Kier molecular flexibility index (Phi) is 4.18. The molecule has 0 spiro atoms. The second-order valence-electron chi connectivity index (χ2n) is 8.49. The second-order valence-corrected chi connectivity index (χ2v) is 8.49. The summed E-state index contributed by atoms with van der Waals surface area (Å²) in [5.74, 6) is 1.36. The number of hydrogen-bond acceptors (Lipinski definition) is 5. The van der Waals surface area contributed by atoms with Gasteiger partial charge in [-0.15, -0.1) is 0 Å². The van der Waals surface area contributed by atoms with Crippen LogP contribution in [0.15, 0.2) is 29.3 Å². The van der Waals surface area contributed by atoms with Crippen molar-refractivity contribution in [2.45, 2.75) is 25.3 Å². The summed E-state index contributed by atoms with van der Waals surface area (Å²) in [7, 11) is 3.61. The SMILES string of the molecule is CN(c1nc(-c2ccncc2F)cc(=O)n1C)[C@H]1[C@@H]2CN(C(=O)C3CCC3)C[C@@H]21. The molecule has 3 heterocycles. The first kappa shape index (κ1) is 18.3. The third kappa shape index (κ3) is 2.92. The Bertz CT molecular complexity index is 1020. The van der Waals surface area contributed by atoms with Crippen molar-refractivity contribution in [1.82, 2.24) is 19.4 Å². The molecule has 0 radical (unpaired) electrons. The zero-order chi connectivity index (χ0) is 20.3. The van der Waals surface area contributed by atoms with E-state index in [0.29, 0.717) is 29.4 Å². The highest BCUT2D eigenvalue weighted by molar-refractivity contribution is 5.80. The van der Waals surface area contributed by atoms with Crippen molar-refractivity contribution in [3.8, 4) is 11.3 Å². The van der Waals surface area contributed by atoms with Crippen LogP contribution in [0.5, 0.6) is 0 Å². The minimum Gasteiger partial charge on any atom is -0.342 e. The lowest BCUT2D eigenvalue weighted by atomic mass is 9.84. The number of halogens is 1. The number of nitrogens with zero attached hydrogens (tertiary/aromatic N) is 5. The summed E-state index contributed by atoms with van der Waals surface area (Å²) in [6, 6.07) is 3.12. The normalized spacial score (nSPS) is 25.5. The Hall–Kier alpha value is -2.77. The molecule has 5 rings (SSSR count). The minimum absolute atomic E-state index is 0.234. The van der Waals surface area contributed by atoms with Crippen LogP contribution in [0.4, 0.5) is 10.3 Å². The lowest BCUT2D eigenvalue weighted by molar-refractivity contribution is -0.137. The van der Waals surface area contributed by atoms with Gasteiger partial charge in [0.1, 0.15) is 0 Å². The van der Waals surface area contributed by atoms with E-state index in [4.69, 9.17) is 0 Å². The van der Waals surface area contributed by atoms with Crippen molar-refractivity contribution >= 4 is 11.9 Å². The molecular formula is C21H24FN5O2. The molecule has 8 heteroatoms. The van der Waals surface area contributed by atoms with E-state index in [1.54, 1.807) is 7.05 Å². The molecule has 0 bridgehead atoms. The molecule has 7 nitrogen and oxygen atoms in total. The number of hydrogen-bond donors (Lipinski definition) is 0. The zero-order valence-electron chi connectivity index (χ0n) is 16.6. The zero-order valence-corrected chi connectivity index (χ0v) is 16.6. The van der Waals surface area contributed by atoms with Crippen LogP contribution in [0, 0.1) is 23.6 Å². The van der Waals surface area contributed by atoms with Crippen LogP contribution in [0.2, 0.25) is 0 Å². The third-order valence-corrected chi connectivity index (χ3v) is 6.84. The molecule has 1 aliphatic heterocycles. The lowest BCUT2D eigenvalue weighted by Gasteiger charge is -2.31. The van der Waals surface area contributed by atoms with Gasteiger partial charge >= 0.3 is 0 Å². The Labute approximate surface area is 168 Å². The van der Waals surface area contributed by atoms with Gasteiger partial charge in [-0.3, -0.25) is 19.1 Å². The molecule has 2 aromatic heterocycles. The Morgan fingerprint density at radius 1 is 1.28 bits per heavy atom. The first-order valence-corrected chi connectivity index (χ1v) is 10.2. The number of aromatic nitrogens is 3. The van der Waals surface area contributed by atoms with Crippen LogP contribution in [-0.2, 0) is 11.8 Å². The maximum absolute atomic E-state index is 14.2. The van der Waals surface area contributed by atoms with Gasteiger partial charge in [0.25, 0.3) is 5.56 Å². The van der Waals surface area contributed by atoms with Crippen molar-refractivity contribution in [3.05, 3.63) is 40.7 Å². The van der Waals surface area contributed by atoms with Crippen LogP contribution in [-0.4, -0.2) is 51.5 Å². The van der Waals surface area contributed by atoms with Crippen molar-refractivity contribution in [1.29, 1.82) is 0 Å². The number of fused-ring (bicyclic) bond motifs is 1. The fraction of sp³-hybridized carbons (Fsp3) is 0.524. The summed E-state index contributed by atoms with van der Waals surface area (Å²) in [4.78, 5) is 37.4. The number of likely N-dealkylation sites (tertiary alicyclic amines) is 1. The number of rotatable bonds is 4. The second kappa shape index (κ2) is 6.64. The predicted octanol–water partition coefficient (Wildman–Crippen LogP) is 1.67. The number of anilines is 1. The summed E-state index contributed by atoms with van der Waals surface area (Å²) in [6.07, 6.45) is 5.82. The molecule has 2 aromatic rings. The summed E-state index contributed by atoms with van der Waals surface area (Å²) in [6.45, 7) is 1.56. The quantitative estimate of drug-likeness (QED) is 0.785. The standard InChI is InChI=1S/C21H24FN5O2/c1-25-18(28)8-17(13-6-7-23-9-16(13)22)24-21(25)26(2)19-14-10-27(11-15(14)19)20(29)12-4-3-5-12/h6-9,12,14-15,19H,3-5,10-11H2,1-2H3/t14-,15+,19+. The van der Waals surface area contributed by atoms with Crippen LogP contribution in [0.3, 0.4) is 0 Å². The molecule has 3 fully saturated rings. The smallest absolute Gasteiger partial charge is 0.255 e. The molecular weight excluding hydrogens is 373 g/mol. The third-order valence-electron chi connectivity index (χ3n) is 6.84. The van der Waals surface area contributed by atoms with E-state index in [9.17, 15) is 14.0 Å². The van der Waals surface area contributed by atoms with E-state index in [1.165, 1.54) is 22.9 Å². The highest BCUT2D eigenvalue weighted by atomic mass is 19.1. The lowest BCUT2D eigenvalue weighted by Crippen LogP contribution is -2.42. The Balaban J connectivity index is 1.36. The Morgan fingerprint density at radius 3 is 2.62 bits per heavy atom. The number of pyridine rings is 1. The number of carbonyl (C=O) groups excluding carboxylic acids is 1. The molecule has 1 saturated heterocycles. The summed E-state index contributed by atoms with van der Waals surface area (Å²) in [5, 5.41) is 0. The van der Waals surface area contributed by atoms with Gasteiger partial charge in [-0.1, -0.05) is 6.42 Å². The number of carbonyl (C=O) groups is 1. The molecule has 1 amide bonds. The molecule has 2 aliphatic carbocycles. The largest absolute Gasteiger partial charge is 0.342 e. The van der Waals surface area contributed by atoms with Gasteiger partial charge in [-0.25, -0.2) is 9.37 Å². The van der Waals surface area contributed by atoms with Crippen molar-refractivity contribution in [2.75, 3.05) is 25.0 Å². The van der Waals surface area contributed by atoms with E-state index in [0.717, 1.165) is 38.5 Å². The summed E-state index contributed by atoms with van der Waals surface area (Å²) < 4.78 is 15.6.